The number of nitrogens with zero attached hydrogens (tertiary/aromatic N) is 1. The maximum atomic E-state index is 5.30. The molecule has 4 heteroatoms. The van der Waals surface area contributed by atoms with Crippen molar-refractivity contribution in [3.63, 3.8) is 0 Å². The third-order valence-corrected chi connectivity index (χ3v) is 7.60. The molecule has 3 N–H and O–H groups in total. The third-order valence-electron chi connectivity index (χ3n) is 3.04. The molecular weight excluding hydrogens is 206 g/mol. The quantitative estimate of drug-likeness (QED) is 0.600. The highest BCUT2D eigenvalue weighted by molar-refractivity contribution is 8.33. The van der Waals surface area contributed by atoms with Gasteiger partial charge in [-0.3, -0.25) is 0 Å². The summed E-state index contributed by atoms with van der Waals surface area (Å²) in [4.78, 5) is 5.69. The number of nitrogens with one attached hydrogen (secondary N) is 1. The fourth-order valence-electron chi connectivity index (χ4n) is 1.83. The highest BCUT2D eigenvalue weighted by atomic mass is 32.3. The van der Waals surface area contributed by atoms with E-state index in [2.05, 4.69) is 37.2 Å². The Hall–Kier alpha value is -0.740. The average molecular weight is 227 g/mol. The van der Waals surface area contributed by atoms with Crippen LogP contribution in [0.3, 0.4) is 0 Å². The summed E-state index contributed by atoms with van der Waals surface area (Å²) in [5.41, 5.74) is 2.56. The smallest absolute Gasteiger partial charge is 0.139 e. The van der Waals surface area contributed by atoms with Gasteiger partial charge in [-0.2, -0.15) is 0 Å². The molecule has 1 aromatic heterocycles. The SMILES string of the molecule is CCS(CC)(CC)c1ccc(NN)nc1. The van der Waals surface area contributed by atoms with Gasteiger partial charge in [0, 0.05) is 11.1 Å². The molecule has 0 aliphatic carbocycles. The molecule has 0 aliphatic rings. The van der Waals surface area contributed by atoms with Gasteiger partial charge in [-0.15, -0.1) is 0 Å². The standard InChI is InChI=1S/C11H21N3S/c1-4-15(5-2,6-3)10-7-8-11(14-12)13-9-10/h7-9H,4-6,12H2,1-3H3,(H,13,14). The highest BCUT2D eigenvalue weighted by Gasteiger charge is 2.20. The first-order valence-corrected chi connectivity index (χ1v) is 7.55. The van der Waals surface area contributed by atoms with Crippen LogP contribution in [0.2, 0.25) is 0 Å². The van der Waals surface area contributed by atoms with Crippen LogP contribution >= 0.6 is 10.0 Å². The van der Waals surface area contributed by atoms with E-state index in [0.717, 1.165) is 5.82 Å². The summed E-state index contributed by atoms with van der Waals surface area (Å²) in [5.74, 6) is 9.73. The molecule has 0 saturated carbocycles. The highest BCUT2D eigenvalue weighted by Crippen LogP contribution is 2.54. The topological polar surface area (TPSA) is 50.9 Å². The van der Waals surface area contributed by atoms with Crippen LogP contribution in [0.5, 0.6) is 0 Å². The van der Waals surface area contributed by atoms with Crippen molar-refractivity contribution < 1.29 is 0 Å². The van der Waals surface area contributed by atoms with Gasteiger partial charge in [0.2, 0.25) is 0 Å². The van der Waals surface area contributed by atoms with Crippen LogP contribution in [0.1, 0.15) is 20.8 Å². The summed E-state index contributed by atoms with van der Waals surface area (Å²) in [6.45, 7) is 6.83. The lowest BCUT2D eigenvalue weighted by Crippen LogP contribution is -2.11. The van der Waals surface area contributed by atoms with Gasteiger partial charge in [0.1, 0.15) is 5.82 Å². The molecule has 0 unspecified atom stereocenters. The summed E-state index contributed by atoms with van der Waals surface area (Å²) in [5, 5.41) is 0. The number of nitrogen functional groups attached to an aromatic ring is 1. The molecule has 0 saturated heterocycles. The second-order valence-electron chi connectivity index (χ2n) is 3.43. The molecule has 15 heavy (non-hydrogen) atoms. The van der Waals surface area contributed by atoms with Crippen LogP contribution in [0.25, 0.3) is 0 Å². The molecule has 3 nitrogen and oxygen atoms in total. The minimum absolute atomic E-state index is 0.645. The van der Waals surface area contributed by atoms with E-state index in [4.69, 9.17) is 5.84 Å². The van der Waals surface area contributed by atoms with Crippen molar-refractivity contribution in [1.29, 1.82) is 0 Å². The van der Waals surface area contributed by atoms with Crippen LogP contribution in [-0.2, 0) is 0 Å². The summed E-state index contributed by atoms with van der Waals surface area (Å²) in [7, 11) is -0.645. The molecule has 0 atom stereocenters. The molecule has 0 amide bonds. The van der Waals surface area contributed by atoms with Crippen LogP contribution in [0.4, 0.5) is 5.82 Å². The fraction of sp³-hybridized carbons (Fsp3) is 0.545. The normalized spacial score (nSPS) is 12.5. The maximum absolute atomic E-state index is 5.30. The lowest BCUT2D eigenvalue weighted by Gasteiger charge is -2.37. The van der Waals surface area contributed by atoms with Gasteiger partial charge in [0.25, 0.3) is 0 Å². The Bertz CT molecular complexity index is 285. The first-order valence-electron chi connectivity index (χ1n) is 5.41. The molecule has 0 fully saturated rings. The van der Waals surface area contributed by atoms with Crippen molar-refractivity contribution >= 4 is 15.8 Å². The molecule has 1 aromatic rings. The monoisotopic (exact) mass is 227 g/mol. The Morgan fingerprint density at radius 3 is 2.13 bits per heavy atom. The number of hydrazine groups is 1. The van der Waals surface area contributed by atoms with Crippen molar-refractivity contribution in [2.24, 2.45) is 5.84 Å². The van der Waals surface area contributed by atoms with Gasteiger partial charge in [0.15, 0.2) is 0 Å². The Kier molecular flexibility index (Phi) is 4.42. The molecule has 0 aliphatic heterocycles. The molecule has 0 spiro atoms. The summed E-state index contributed by atoms with van der Waals surface area (Å²) in [6, 6.07) is 4.12. The average Bonchev–Trinajstić information content (AvgIpc) is 2.33. The lowest BCUT2D eigenvalue weighted by atomic mass is 10.5. The Morgan fingerprint density at radius 1 is 1.20 bits per heavy atom. The Balaban J connectivity index is 3.01. The predicted octanol–water partition coefficient (Wildman–Crippen LogP) is 2.59. The third kappa shape index (κ3) is 2.44. The van der Waals surface area contributed by atoms with E-state index in [9.17, 15) is 0 Å². The summed E-state index contributed by atoms with van der Waals surface area (Å²) >= 11 is 0. The van der Waals surface area contributed by atoms with Crippen LogP contribution < -0.4 is 11.3 Å². The van der Waals surface area contributed by atoms with E-state index >= 15 is 0 Å². The van der Waals surface area contributed by atoms with E-state index in [1.807, 2.05) is 12.3 Å². The zero-order valence-electron chi connectivity index (χ0n) is 9.79. The zero-order valence-corrected chi connectivity index (χ0v) is 10.6. The molecule has 86 valence electrons. The number of hydrogen-bond acceptors (Lipinski definition) is 3. The number of pyridine rings is 1. The van der Waals surface area contributed by atoms with Gasteiger partial charge >= 0.3 is 0 Å². The van der Waals surface area contributed by atoms with Crippen LogP contribution in [0.15, 0.2) is 23.2 Å². The molecular formula is C11H21N3S. The summed E-state index contributed by atoms with van der Waals surface area (Å²) < 4.78 is 0. The molecule has 0 bridgehead atoms. The van der Waals surface area contributed by atoms with Crippen molar-refractivity contribution in [3.8, 4) is 0 Å². The van der Waals surface area contributed by atoms with Gasteiger partial charge < -0.3 is 5.43 Å². The largest absolute Gasteiger partial charge is 0.308 e. The van der Waals surface area contributed by atoms with Gasteiger partial charge in [-0.25, -0.2) is 20.9 Å². The molecule has 0 aromatic carbocycles. The van der Waals surface area contributed by atoms with E-state index in [-0.39, 0.29) is 0 Å². The summed E-state index contributed by atoms with van der Waals surface area (Å²) in [6.07, 6.45) is 1.97. The van der Waals surface area contributed by atoms with Crippen LogP contribution in [0, 0.1) is 0 Å². The van der Waals surface area contributed by atoms with E-state index < -0.39 is 10.0 Å². The lowest BCUT2D eigenvalue weighted by molar-refractivity contribution is 1.16. The zero-order chi connectivity index (χ0) is 11.3. The van der Waals surface area contributed by atoms with Gasteiger partial charge in [-0.1, -0.05) is 20.8 Å². The van der Waals surface area contributed by atoms with E-state index in [1.165, 1.54) is 22.2 Å². The first kappa shape index (κ1) is 12.3. The molecule has 0 radical (unpaired) electrons. The molecule has 1 rings (SSSR count). The number of aromatic nitrogens is 1. The fourth-order valence-corrected chi connectivity index (χ4v) is 4.69. The predicted molar refractivity (Wildman–Crippen MR) is 69.5 cm³/mol. The van der Waals surface area contributed by atoms with Crippen molar-refractivity contribution in [1.82, 2.24) is 4.98 Å². The van der Waals surface area contributed by atoms with Crippen molar-refractivity contribution in [2.45, 2.75) is 25.7 Å². The van der Waals surface area contributed by atoms with Gasteiger partial charge in [0.05, 0.1) is 0 Å². The minimum Gasteiger partial charge on any atom is -0.308 e. The second-order valence-corrected chi connectivity index (χ2v) is 7.73. The van der Waals surface area contributed by atoms with Gasteiger partial charge in [-0.05, 0) is 29.4 Å². The maximum Gasteiger partial charge on any atom is 0.139 e. The minimum atomic E-state index is -0.645. The first-order chi connectivity index (χ1) is 7.22. The van der Waals surface area contributed by atoms with Crippen LogP contribution in [-0.4, -0.2) is 22.2 Å². The second kappa shape index (κ2) is 5.37. The Morgan fingerprint density at radius 2 is 1.80 bits per heavy atom. The van der Waals surface area contributed by atoms with Crippen molar-refractivity contribution in [2.75, 3.05) is 22.7 Å². The number of anilines is 1. The Labute approximate surface area is 93.8 Å². The van der Waals surface area contributed by atoms with E-state index in [0.29, 0.717) is 0 Å². The number of hydrogen-bond donors (Lipinski definition) is 2. The van der Waals surface area contributed by atoms with Crippen molar-refractivity contribution in [3.05, 3.63) is 18.3 Å². The van der Waals surface area contributed by atoms with E-state index in [1.54, 1.807) is 0 Å². The molecule has 1 heterocycles. The number of nitrogens with two attached hydrogens (primary N) is 1. The number of rotatable bonds is 5.